The molecule has 2 saturated carbocycles. The van der Waals surface area contributed by atoms with Crippen molar-refractivity contribution < 1.29 is 9.47 Å². The van der Waals surface area contributed by atoms with E-state index in [0.717, 1.165) is 25.0 Å². The molecule has 19 heavy (non-hydrogen) atoms. The quantitative estimate of drug-likeness (QED) is 0.680. The second-order valence-electron chi connectivity index (χ2n) is 6.67. The molecule has 0 spiro atoms. The molecule has 0 aromatic carbocycles. The van der Waals surface area contributed by atoms with Gasteiger partial charge in [0.2, 0.25) is 0 Å². The van der Waals surface area contributed by atoms with E-state index in [2.05, 4.69) is 13.8 Å². The maximum absolute atomic E-state index is 6.18. The van der Waals surface area contributed by atoms with Crippen molar-refractivity contribution in [1.29, 1.82) is 0 Å². The highest BCUT2D eigenvalue weighted by molar-refractivity contribution is 4.74. The van der Waals surface area contributed by atoms with Crippen molar-refractivity contribution in [2.75, 3.05) is 13.2 Å². The van der Waals surface area contributed by atoms with E-state index in [1.165, 1.54) is 57.8 Å². The highest BCUT2D eigenvalue weighted by atomic mass is 16.5. The molecule has 2 unspecified atom stereocenters. The predicted molar refractivity (Wildman–Crippen MR) is 79.4 cm³/mol. The monoisotopic (exact) mass is 268 g/mol. The van der Waals surface area contributed by atoms with E-state index in [0.29, 0.717) is 12.2 Å². The molecule has 0 radical (unpaired) electrons. The van der Waals surface area contributed by atoms with Crippen LogP contribution < -0.4 is 0 Å². The zero-order chi connectivity index (χ0) is 13.5. The van der Waals surface area contributed by atoms with Gasteiger partial charge in [-0.15, -0.1) is 0 Å². The Labute approximate surface area is 119 Å². The maximum atomic E-state index is 6.18. The molecule has 2 nitrogen and oxygen atoms in total. The van der Waals surface area contributed by atoms with Crippen molar-refractivity contribution in [2.45, 2.75) is 83.8 Å². The lowest BCUT2D eigenvalue weighted by Gasteiger charge is -2.29. The van der Waals surface area contributed by atoms with Crippen molar-refractivity contribution in [3.63, 3.8) is 0 Å². The van der Waals surface area contributed by atoms with Crippen molar-refractivity contribution in [1.82, 2.24) is 0 Å². The van der Waals surface area contributed by atoms with Crippen LogP contribution in [0.3, 0.4) is 0 Å². The van der Waals surface area contributed by atoms with Crippen LogP contribution in [0.15, 0.2) is 0 Å². The van der Waals surface area contributed by atoms with Gasteiger partial charge in [0.1, 0.15) is 0 Å². The van der Waals surface area contributed by atoms with Crippen LogP contribution >= 0.6 is 0 Å². The van der Waals surface area contributed by atoms with Crippen molar-refractivity contribution in [3.05, 3.63) is 0 Å². The zero-order valence-electron chi connectivity index (χ0n) is 12.9. The van der Waals surface area contributed by atoms with Crippen LogP contribution in [0, 0.1) is 11.8 Å². The third kappa shape index (κ3) is 5.43. The van der Waals surface area contributed by atoms with E-state index in [-0.39, 0.29) is 0 Å². The van der Waals surface area contributed by atoms with Gasteiger partial charge in [0.05, 0.1) is 12.2 Å². The summed E-state index contributed by atoms with van der Waals surface area (Å²) in [6, 6.07) is 0. The topological polar surface area (TPSA) is 18.5 Å². The summed E-state index contributed by atoms with van der Waals surface area (Å²) in [6.07, 6.45) is 12.8. The minimum absolute atomic E-state index is 0.503. The molecular weight excluding hydrogens is 236 g/mol. The van der Waals surface area contributed by atoms with E-state index in [1.54, 1.807) is 0 Å². The number of hydrogen-bond donors (Lipinski definition) is 0. The first-order valence-electron chi connectivity index (χ1n) is 8.51. The standard InChI is InChI=1S/C17H32O2/c1-3-18-16-9-11-17(12-10-16)19-13-15-6-4-5-14(2)7-8-15/h14-17H,3-13H2,1-2H3. The van der Waals surface area contributed by atoms with Crippen molar-refractivity contribution >= 4 is 0 Å². The van der Waals surface area contributed by atoms with Gasteiger partial charge in [-0.3, -0.25) is 0 Å². The molecule has 2 aliphatic carbocycles. The van der Waals surface area contributed by atoms with Gasteiger partial charge in [-0.1, -0.05) is 26.2 Å². The second-order valence-corrected chi connectivity index (χ2v) is 6.67. The van der Waals surface area contributed by atoms with Gasteiger partial charge in [0.25, 0.3) is 0 Å². The highest BCUT2D eigenvalue weighted by Crippen LogP contribution is 2.29. The molecule has 2 rings (SSSR count). The van der Waals surface area contributed by atoms with Crippen LogP contribution in [0.1, 0.15) is 71.6 Å². The Hall–Kier alpha value is -0.0800. The minimum Gasteiger partial charge on any atom is -0.379 e. The van der Waals surface area contributed by atoms with E-state index >= 15 is 0 Å². The maximum Gasteiger partial charge on any atom is 0.0577 e. The van der Waals surface area contributed by atoms with Gasteiger partial charge in [0.15, 0.2) is 0 Å². The molecule has 0 aliphatic heterocycles. The van der Waals surface area contributed by atoms with Crippen LogP contribution in [0.4, 0.5) is 0 Å². The Balaban J connectivity index is 1.60. The molecule has 2 atom stereocenters. The summed E-state index contributed by atoms with van der Waals surface area (Å²) < 4.78 is 11.9. The fraction of sp³-hybridized carbons (Fsp3) is 1.00. The van der Waals surface area contributed by atoms with E-state index in [1.807, 2.05) is 0 Å². The SMILES string of the molecule is CCOC1CCC(OCC2CCCC(C)CC2)CC1. The lowest BCUT2D eigenvalue weighted by molar-refractivity contribution is -0.0384. The summed E-state index contributed by atoms with van der Waals surface area (Å²) in [5.74, 6) is 1.76. The fourth-order valence-electron chi connectivity index (χ4n) is 3.60. The van der Waals surface area contributed by atoms with E-state index in [9.17, 15) is 0 Å². The van der Waals surface area contributed by atoms with Crippen LogP contribution in [-0.2, 0) is 9.47 Å². The molecule has 0 amide bonds. The highest BCUT2D eigenvalue weighted by Gasteiger charge is 2.23. The molecular formula is C17H32O2. The number of ether oxygens (including phenoxy) is 2. The van der Waals surface area contributed by atoms with Crippen molar-refractivity contribution in [2.24, 2.45) is 11.8 Å². The summed E-state index contributed by atoms with van der Waals surface area (Å²) in [6.45, 7) is 6.36. The Kier molecular flexibility index (Phi) is 6.66. The molecule has 0 bridgehead atoms. The summed E-state index contributed by atoms with van der Waals surface area (Å²) in [5, 5.41) is 0. The number of hydrogen-bond acceptors (Lipinski definition) is 2. The van der Waals surface area contributed by atoms with Gasteiger partial charge in [0, 0.05) is 13.2 Å². The van der Waals surface area contributed by atoms with E-state index in [4.69, 9.17) is 9.47 Å². The van der Waals surface area contributed by atoms with Crippen LogP contribution in [-0.4, -0.2) is 25.4 Å². The predicted octanol–water partition coefficient (Wildman–Crippen LogP) is 4.57. The van der Waals surface area contributed by atoms with Crippen LogP contribution in [0.2, 0.25) is 0 Å². The molecule has 112 valence electrons. The Bertz CT molecular complexity index is 233. The third-order valence-electron chi connectivity index (χ3n) is 4.97. The molecule has 2 fully saturated rings. The molecule has 2 aliphatic rings. The fourth-order valence-corrected chi connectivity index (χ4v) is 3.60. The van der Waals surface area contributed by atoms with Gasteiger partial charge >= 0.3 is 0 Å². The normalized spacial score (nSPS) is 36.9. The third-order valence-corrected chi connectivity index (χ3v) is 4.97. The van der Waals surface area contributed by atoms with Gasteiger partial charge in [-0.2, -0.15) is 0 Å². The molecule has 0 aromatic rings. The smallest absolute Gasteiger partial charge is 0.0577 e. The first-order chi connectivity index (χ1) is 9.28. The van der Waals surface area contributed by atoms with Gasteiger partial charge in [-0.25, -0.2) is 0 Å². The zero-order valence-corrected chi connectivity index (χ0v) is 12.9. The Morgan fingerprint density at radius 2 is 1.47 bits per heavy atom. The van der Waals surface area contributed by atoms with E-state index < -0.39 is 0 Å². The lowest BCUT2D eigenvalue weighted by atomic mass is 9.94. The minimum atomic E-state index is 0.503. The average molecular weight is 268 g/mol. The van der Waals surface area contributed by atoms with Crippen LogP contribution in [0.5, 0.6) is 0 Å². The molecule has 0 N–H and O–H groups in total. The summed E-state index contributed by atoms with van der Waals surface area (Å²) in [4.78, 5) is 0. The Morgan fingerprint density at radius 1 is 0.789 bits per heavy atom. The first-order valence-corrected chi connectivity index (χ1v) is 8.51. The van der Waals surface area contributed by atoms with Gasteiger partial charge < -0.3 is 9.47 Å². The molecule has 0 saturated heterocycles. The average Bonchev–Trinajstić information content (AvgIpc) is 2.63. The van der Waals surface area contributed by atoms with Crippen molar-refractivity contribution in [3.8, 4) is 0 Å². The Morgan fingerprint density at radius 3 is 2.16 bits per heavy atom. The number of rotatable bonds is 5. The first kappa shape index (κ1) is 15.3. The summed E-state index contributed by atoms with van der Waals surface area (Å²) in [7, 11) is 0. The van der Waals surface area contributed by atoms with Crippen LogP contribution in [0.25, 0.3) is 0 Å². The second kappa shape index (κ2) is 8.26. The summed E-state index contributed by atoms with van der Waals surface area (Å²) >= 11 is 0. The largest absolute Gasteiger partial charge is 0.379 e. The van der Waals surface area contributed by atoms with Gasteiger partial charge in [-0.05, 0) is 57.3 Å². The molecule has 0 heterocycles. The lowest BCUT2D eigenvalue weighted by Crippen LogP contribution is -2.28. The molecule has 2 heteroatoms. The molecule has 0 aromatic heterocycles. The summed E-state index contributed by atoms with van der Waals surface area (Å²) in [5.41, 5.74) is 0.